The molecule has 1 aromatic heterocycles. The van der Waals surface area contributed by atoms with Crippen molar-refractivity contribution in [1.29, 1.82) is 0 Å². The summed E-state index contributed by atoms with van der Waals surface area (Å²) < 4.78 is 1.22. The standard InChI is InChI=1S/C12H18BrNS/c1-3-4-5-10(2)14-9-8-11-6-7-12(13)15-11/h3,6-7,10,14H,1,4-5,8-9H2,2H3. The van der Waals surface area contributed by atoms with E-state index in [-0.39, 0.29) is 0 Å². The van der Waals surface area contributed by atoms with Crippen LogP contribution in [0.3, 0.4) is 0 Å². The summed E-state index contributed by atoms with van der Waals surface area (Å²) in [5.74, 6) is 0. The largest absolute Gasteiger partial charge is 0.314 e. The number of allylic oxidation sites excluding steroid dienone is 1. The molecule has 84 valence electrons. The summed E-state index contributed by atoms with van der Waals surface area (Å²) in [7, 11) is 0. The van der Waals surface area contributed by atoms with E-state index in [1.807, 2.05) is 17.4 Å². The molecule has 0 aromatic carbocycles. The maximum atomic E-state index is 3.73. The van der Waals surface area contributed by atoms with Gasteiger partial charge in [0.2, 0.25) is 0 Å². The van der Waals surface area contributed by atoms with E-state index in [9.17, 15) is 0 Å². The number of hydrogen-bond donors (Lipinski definition) is 1. The van der Waals surface area contributed by atoms with Crippen LogP contribution in [0.4, 0.5) is 0 Å². The lowest BCUT2D eigenvalue weighted by atomic mass is 10.2. The Kier molecular flexibility index (Phi) is 6.22. The molecule has 1 heterocycles. The number of hydrogen-bond acceptors (Lipinski definition) is 2. The Morgan fingerprint density at radius 2 is 2.40 bits per heavy atom. The number of thiophene rings is 1. The molecule has 0 saturated carbocycles. The van der Waals surface area contributed by atoms with Crippen molar-refractivity contribution in [3.8, 4) is 0 Å². The lowest BCUT2D eigenvalue weighted by molar-refractivity contribution is 0.522. The molecule has 1 N–H and O–H groups in total. The molecule has 0 fully saturated rings. The molecular formula is C12H18BrNS. The predicted molar refractivity (Wildman–Crippen MR) is 72.6 cm³/mol. The number of rotatable bonds is 7. The van der Waals surface area contributed by atoms with Crippen molar-refractivity contribution in [3.63, 3.8) is 0 Å². The van der Waals surface area contributed by atoms with Crippen molar-refractivity contribution < 1.29 is 0 Å². The van der Waals surface area contributed by atoms with Gasteiger partial charge >= 0.3 is 0 Å². The van der Waals surface area contributed by atoms with E-state index >= 15 is 0 Å². The quantitative estimate of drug-likeness (QED) is 0.748. The van der Waals surface area contributed by atoms with Crippen molar-refractivity contribution >= 4 is 27.3 Å². The van der Waals surface area contributed by atoms with Crippen molar-refractivity contribution in [2.75, 3.05) is 6.54 Å². The van der Waals surface area contributed by atoms with Crippen molar-refractivity contribution in [2.24, 2.45) is 0 Å². The fourth-order valence-corrected chi connectivity index (χ4v) is 2.88. The van der Waals surface area contributed by atoms with Gasteiger partial charge in [0.15, 0.2) is 0 Å². The zero-order chi connectivity index (χ0) is 11.1. The van der Waals surface area contributed by atoms with Crippen molar-refractivity contribution in [3.05, 3.63) is 33.5 Å². The minimum absolute atomic E-state index is 0.589. The van der Waals surface area contributed by atoms with Crippen LogP contribution in [0.25, 0.3) is 0 Å². The normalized spacial score (nSPS) is 12.7. The summed E-state index contributed by atoms with van der Waals surface area (Å²) >= 11 is 5.29. The van der Waals surface area contributed by atoms with Gasteiger partial charge in [-0.2, -0.15) is 0 Å². The second kappa shape index (κ2) is 7.20. The van der Waals surface area contributed by atoms with Crippen LogP contribution in [0.2, 0.25) is 0 Å². The van der Waals surface area contributed by atoms with Gasteiger partial charge in [-0.05, 0) is 54.2 Å². The molecule has 1 atom stereocenters. The predicted octanol–water partition coefficient (Wildman–Crippen LogP) is 4.00. The molecule has 1 unspecified atom stereocenters. The minimum atomic E-state index is 0.589. The second-order valence-corrected chi connectivity index (χ2v) is 6.22. The third-order valence-corrected chi connectivity index (χ3v) is 3.98. The lowest BCUT2D eigenvalue weighted by Crippen LogP contribution is -2.27. The van der Waals surface area contributed by atoms with Gasteiger partial charge in [0.05, 0.1) is 3.79 Å². The first-order chi connectivity index (χ1) is 7.22. The maximum Gasteiger partial charge on any atom is 0.0701 e. The van der Waals surface area contributed by atoms with E-state index in [1.165, 1.54) is 15.1 Å². The van der Waals surface area contributed by atoms with Crippen molar-refractivity contribution in [2.45, 2.75) is 32.2 Å². The first-order valence-corrected chi connectivity index (χ1v) is 6.92. The molecule has 0 aliphatic rings. The summed E-state index contributed by atoms with van der Waals surface area (Å²) in [6, 6.07) is 4.89. The summed E-state index contributed by atoms with van der Waals surface area (Å²) in [6.07, 6.45) is 5.37. The number of halogens is 1. The summed E-state index contributed by atoms with van der Waals surface area (Å²) in [5, 5.41) is 3.52. The fourth-order valence-electron chi connectivity index (χ4n) is 1.40. The molecule has 15 heavy (non-hydrogen) atoms. The molecule has 1 rings (SSSR count). The van der Waals surface area contributed by atoms with Crippen LogP contribution in [-0.4, -0.2) is 12.6 Å². The van der Waals surface area contributed by atoms with Crippen molar-refractivity contribution in [1.82, 2.24) is 5.32 Å². The zero-order valence-corrected chi connectivity index (χ0v) is 11.5. The van der Waals surface area contributed by atoms with Crippen LogP contribution in [0, 0.1) is 0 Å². The van der Waals surface area contributed by atoms with Crippen LogP contribution >= 0.6 is 27.3 Å². The summed E-state index contributed by atoms with van der Waals surface area (Å²) in [5.41, 5.74) is 0. The van der Waals surface area contributed by atoms with Crippen LogP contribution in [-0.2, 0) is 6.42 Å². The summed E-state index contributed by atoms with van der Waals surface area (Å²) in [4.78, 5) is 1.44. The first-order valence-electron chi connectivity index (χ1n) is 5.31. The highest BCUT2D eigenvalue weighted by atomic mass is 79.9. The van der Waals surface area contributed by atoms with Gasteiger partial charge in [-0.15, -0.1) is 17.9 Å². The Labute approximate surface area is 105 Å². The summed E-state index contributed by atoms with van der Waals surface area (Å²) in [6.45, 7) is 7.02. The Balaban J connectivity index is 2.13. The molecule has 0 aliphatic heterocycles. The molecular weight excluding hydrogens is 270 g/mol. The molecule has 1 nitrogen and oxygen atoms in total. The molecule has 3 heteroatoms. The lowest BCUT2D eigenvalue weighted by Gasteiger charge is -2.11. The highest BCUT2D eigenvalue weighted by Crippen LogP contribution is 2.22. The molecule has 0 amide bonds. The third kappa shape index (κ3) is 5.50. The molecule has 0 spiro atoms. The van der Waals surface area contributed by atoms with Gasteiger partial charge in [-0.25, -0.2) is 0 Å². The first kappa shape index (κ1) is 12.9. The van der Waals surface area contributed by atoms with Crippen LogP contribution < -0.4 is 5.32 Å². The van der Waals surface area contributed by atoms with E-state index in [0.717, 1.165) is 19.4 Å². The topological polar surface area (TPSA) is 12.0 Å². The van der Waals surface area contributed by atoms with E-state index in [2.05, 4.69) is 46.9 Å². The van der Waals surface area contributed by atoms with Crippen LogP contribution in [0.5, 0.6) is 0 Å². The van der Waals surface area contributed by atoms with Gasteiger partial charge in [-0.3, -0.25) is 0 Å². The Bertz CT molecular complexity index is 296. The minimum Gasteiger partial charge on any atom is -0.314 e. The van der Waals surface area contributed by atoms with E-state index in [1.54, 1.807) is 0 Å². The van der Waals surface area contributed by atoms with Gasteiger partial charge < -0.3 is 5.32 Å². The van der Waals surface area contributed by atoms with Gasteiger partial charge in [0, 0.05) is 17.5 Å². The molecule has 1 aromatic rings. The average molecular weight is 288 g/mol. The Morgan fingerprint density at radius 1 is 1.60 bits per heavy atom. The van der Waals surface area contributed by atoms with Crippen LogP contribution in [0.15, 0.2) is 28.6 Å². The Hall–Kier alpha value is -0.120. The zero-order valence-electron chi connectivity index (χ0n) is 9.13. The van der Waals surface area contributed by atoms with E-state index in [4.69, 9.17) is 0 Å². The van der Waals surface area contributed by atoms with Crippen LogP contribution in [0.1, 0.15) is 24.6 Å². The molecule has 0 aliphatic carbocycles. The maximum absolute atomic E-state index is 3.73. The van der Waals surface area contributed by atoms with E-state index < -0.39 is 0 Å². The highest BCUT2D eigenvalue weighted by Gasteiger charge is 2.01. The third-order valence-electron chi connectivity index (χ3n) is 2.30. The average Bonchev–Trinajstić information content (AvgIpc) is 2.61. The van der Waals surface area contributed by atoms with Gasteiger partial charge in [0.25, 0.3) is 0 Å². The molecule has 0 saturated heterocycles. The SMILES string of the molecule is C=CCCC(C)NCCc1ccc(Br)s1. The van der Waals surface area contributed by atoms with Gasteiger partial charge in [0.1, 0.15) is 0 Å². The smallest absolute Gasteiger partial charge is 0.0701 e. The number of nitrogens with one attached hydrogen (secondary N) is 1. The molecule has 0 bridgehead atoms. The monoisotopic (exact) mass is 287 g/mol. The van der Waals surface area contributed by atoms with Gasteiger partial charge in [-0.1, -0.05) is 6.08 Å². The van der Waals surface area contributed by atoms with E-state index in [0.29, 0.717) is 6.04 Å². The Morgan fingerprint density at radius 3 is 3.00 bits per heavy atom. The fraction of sp³-hybridized carbons (Fsp3) is 0.500. The molecule has 0 radical (unpaired) electrons. The second-order valence-electron chi connectivity index (χ2n) is 3.68. The highest BCUT2D eigenvalue weighted by molar-refractivity contribution is 9.11.